The summed E-state index contributed by atoms with van der Waals surface area (Å²) in [5.74, 6) is 1.74. The van der Waals surface area contributed by atoms with E-state index >= 15 is 0 Å². The number of esters is 1. The van der Waals surface area contributed by atoms with Crippen LogP contribution in [0.15, 0.2) is 82.1 Å². The molecule has 0 radical (unpaired) electrons. The van der Waals surface area contributed by atoms with E-state index in [9.17, 15) is 4.79 Å². The van der Waals surface area contributed by atoms with Gasteiger partial charge in [0.15, 0.2) is 5.76 Å². The normalized spacial score (nSPS) is 10.9. The summed E-state index contributed by atoms with van der Waals surface area (Å²) in [4.78, 5) is 21.2. The fourth-order valence-corrected chi connectivity index (χ4v) is 3.65. The predicted molar refractivity (Wildman–Crippen MR) is 136 cm³/mol. The van der Waals surface area contributed by atoms with E-state index in [4.69, 9.17) is 23.0 Å². The van der Waals surface area contributed by atoms with E-state index < -0.39 is 5.97 Å². The SMILES string of the molecule is CCOC(=O)c1cn(Cc2ccccc2)nc1OCc1ccc(OCc2nc(-c3ccco3)oc2C)nc1. The van der Waals surface area contributed by atoms with Gasteiger partial charge >= 0.3 is 5.97 Å². The number of hydrogen-bond acceptors (Lipinski definition) is 9. The molecule has 5 aromatic rings. The number of benzene rings is 1. The third-order valence-corrected chi connectivity index (χ3v) is 5.57. The standard InChI is InChI=1S/C28H26N4O6/c1-3-34-28(33)22-16-32(15-20-8-5-4-6-9-20)31-26(22)37-17-21-11-12-25(29-14-21)36-18-23-19(2)38-27(30-23)24-10-7-13-35-24/h4-14,16H,3,15,17-18H2,1-2H3. The van der Waals surface area contributed by atoms with E-state index in [1.54, 1.807) is 48.5 Å². The second-order valence-corrected chi connectivity index (χ2v) is 8.33. The Hall–Kier alpha value is -4.86. The average Bonchev–Trinajstić information content (AvgIpc) is 3.68. The second kappa shape index (κ2) is 11.5. The van der Waals surface area contributed by atoms with Crippen molar-refractivity contribution in [1.82, 2.24) is 19.7 Å². The Morgan fingerprint density at radius 1 is 1.00 bits per heavy atom. The first kappa shape index (κ1) is 24.8. The van der Waals surface area contributed by atoms with Crippen LogP contribution in [0.4, 0.5) is 0 Å². The zero-order chi connectivity index (χ0) is 26.3. The van der Waals surface area contributed by atoms with Crippen molar-refractivity contribution in [2.24, 2.45) is 0 Å². The van der Waals surface area contributed by atoms with Crippen molar-refractivity contribution in [1.29, 1.82) is 0 Å². The van der Waals surface area contributed by atoms with Crippen molar-refractivity contribution in [2.45, 2.75) is 33.6 Å². The van der Waals surface area contributed by atoms with E-state index in [0.29, 0.717) is 35.5 Å². The molecule has 1 aromatic carbocycles. The zero-order valence-corrected chi connectivity index (χ0v) is 21.0. The number of ether oxygens (including phenoxy) is 3. The first-order valence-electron chi connectivity index (χ1n) is 12.1. The fourth-order valence-electron chi connectivity index (χ4n) is 3.65. The van der Waals surface area contributed by atoms with Crippen LogP contribution in [-0.4, -0.2) is 32.3 Å². The summed E-state index contributed by atoms with van der Waals surface area (Å²) < 4.78 is 29.5. The summed E-state index contributed by atoms with van der Waals surface area (Å²) in [6.07, 6.45) is 4.84. The van der Waals surface area contributed by atoms with Crippen LogP contribution in [0.2, 0.25) is 0 Å². The molecule has 0 unspecified atom stereocenters. The van der Waals surface area contributed by atoms with Crippen molar-refractivity contribution in [2.75, 3.05) is 6.61 Å². The largest absolute Gasteiger partial charge is 0.471 e. The number of aromatic nitrogens is 4. The number of pyridine rings is 1. The highest BCUT2D eigenvalue weighted by molar-refractivity contribution is 5.91. The van der Waals surface area contributed by atoms with Gasteiger partial charge in [-0.1, -0.05) is 30.3 Å². The lowest BCUT2D eigenvalue weighted by Crippen LogP contribution is -2.07. The smallest absolute Gasteiger partial charge is 0.345 e. The molecule has 0 atom stereocenters. The maximum absolute atomic E-state index is 12.5. The summed E-state index contributed by atoms with van der Waals surface area (Å²) in [5, 5.41) is 4.46. The number of aryl methyl sites for hydroxylation is 1. The Labute approximate surface area is 218 Å². The number of hydrogen-bond donors (Lipinski definition) is 0. The summed E-state index contributed by atoms with van der Waals surface area (Å²) in [7, 11) is 0. The van der Waals surface area contributed by atoms with Gasteiger partial charge in [-0.2, -0.15) is 0 Å². The molecule has 0 saturated carbocycles. The number of rotatable bonds is 11. The second-order valence-electron chi connectivity index (χ2n) is 8.33. The van der Waals surface area contributed by atoms with Crippen LogP contribution >= 0.6 is 0 Å². The molecular weight excluding hydrogens is 488 g/mol. The van der Waals surface area contributed by atoms with Crippen molar-refractivity contribution in [3.05, 3.63) is 101 Å². The minimum absolute atomic E-state index is 0.164. The molecule has 4 aromatic heterocycles. The Morgan fingerprint density at radius 2 is 1.87 bits per heavy atom. The molecule has 0 fully saturated rings. The van der Waals surface area contributed by atoms with Gasteiger partial charge in [-0.05, 0) is 37.6 Å². The molecule has 0 aliphatic carbocycles. The third kappa shape index (κ3) is 5.92. The number of carbonyl (C=O) groups excluding carboxylic acids is 1. The molecule has 4 heterocycles. The van der Waals surface area contributed by atoms with Crippen LogP contribution in [-0.2, 0) is 24.5 Å². The Bertz CT molecular complexity index is 1470. The summed E-state index contributed by atoms with van der Waals surface area (Å²) >= 11 is 0. The highest BCUT2D eigenvalue weighted by Gasteiger charge is 2.20. The molecule has 0 amide bonds. The highest BCUT2D eigenvalue weighted by atomic mass is 16.5. The lowest BCUT2D eigenvalue weighted by atomic mass is 10.2. The molecule has 0 saturated heterocycles. The van der Waals surface area contributed by atoms with E-state index in [-0.39, 0.29) is 31.3 Å². The molecular formula is C28H26N4O6. The first-order valence-corrected chi connectivity index (χ1v) is 12.1. The van der Waals surface area contributed by atoms with Crippen LogP contribution in [0.25, 0.3) is 11.7 Å². The molecule has 10 heteroatoms. The molecule has 38 heavy (non-hydrogen) atoms. The quantitative estimate of drug-likeness (QED) is 0.219. The third-order valence-electron chi connectivity index (χ3n) is 5.57. The Kier molecular flexibility index (Phi) is 7.49. The molecule has 0 aliphatic rings. The van der Waals surface area contributed by atoms with Gasteiger partial charge < -0.3 is 23.0 Å². The lowest BCUT2D eigenvalue weighted by molar-refractivity contribution is 0.0521. The maximum Gasteiger partial charge on any atom is 0.345 e. The monoisotopic (exact) mass is 514 g/mol. The topological polar surface area (TPSA) is 115 Å². The fraction of sp³-hybridized carbons (Fsp3) is 0.214. The van der Waals surface area contributed by atoms with E-state index in [0.717, 1.165) is 11.1 Å². The zero-order valence-electron chi connectivity index (χ0n) is 21.0. The van der Waals surface area contributed by atoms with Gasteiger partial charge in [0.05, 0.1) is 19.4 Å². The first-order chi connectivity index (χ1) is 18.6. The molecule has 0 aliphatic heterocycles. The van der Waals surface area contributed by atoms with Crippen LogP contribution < -0.4 is 9.47 Å². The van der Waals surface area contributed by atoms with Gasteiger partial charge in [-0.15, -0.1) is 5.10 Å². The molecule has 10 nitrogen and oxygen atoms in total. The maximum atomic E-state index is 12.5. The van der Waals surface area contributed by atoms with Gasteiger partial charge in [0, 0.05) is 24.0 Å². The van der Waals surface area contributed by atoms with Gasteiger partial charge in [0.2, 0.25) is 11.8 Å². The van der Waals surface area contributed by atoms with Crippen molar-refractivity contribution in [3.63, 3.8) is 0 Å². The molecule has 0 spiro atoms. The minimum atomic E-state index is -0.484. The van der Waals surface area contributed by atoms with E-state index in [1.165, 1.54) is 0 Å². The van der Waals surface area contributed by atoms with Crippen molar-refractivity contribution in [3.8, 4) is 23.4 Å². The molecule has 0 bridgehead atoms. The van der Waals surface area contributed by atoms with Gasteiger partial charge in [-0.25, -0.2) is 14.8 Å². The lowest BCUT2D eigenvalue weighted by Gasteiger charge is -2.07. The summed E-state index contributed by atoms with van der Waals surface area (Å²) in [5.41, 5.74) is 2.76. The number of oxazole rings is 1. The average molecular weight is 515 g/mol. The van der Waals surface area contributed by atoms with E-state index in [2.05, 4.69) is 15.1 Å². The van der Waals surface area contributed by atoms with Gasteiger partial charge in [-0.3, -0.25) is 4.68 Å². The summed E-state index contributed by atoms with van der Waals surface area (Å²) in [6, 6.07) is 17.0. The Morgan fingerprint density at radius 3 is 2.61 bits per heavy atom. The van der Waals surface area contributed by atoms with Crippen molar-refractivity contribution < 1.29 is 27.8 Å². The van der Waals surface area contributed by atoms with Crippen LogP contribution in [0.3, 0.4) is 0 Å². The van der Waals surface area contributed by atoms with Crippen molar-refractivity contribution >= 4 is 5.97 Å². The van der Waals surface area contributed by atoms with Crippen LogP contribution in [0, 0.1) is 6.92 Å². The molecule has 0 N–H and O–H groups in total. The summed E-state index contributed by atoms with van der Waals surface area (Å²) in [6.45, 7) is 4.68. The van der Waals surface area contributed by atoms with Crippen LogP contribution in [0.5, 0.6) is 11.8 Å². The highest BCUT2D eigenvalue weighted by Crippen LogP contribution is 2.23. The molecule has 194 valence electrons. The molecule has 5 rings (SSSR count). The van der Waals surface area contributed by atoms with Crippen LogP contribution in [0.1, 0.15) is 39.9 Å². The number of nitrogens with zero attached hydrogens (tertiary/aromatic N) is 4. The number of furan rings is 1. The predicted octanol–water partition coefficient (Wildman–Crippen LogP) is 5.22. The number of carbonyl (C=O) groups is 1. The Balaban J connectivity index is 1.21. The van der Waals surface area contributed by atoms with E-state index in [1.807, 2.05) is 43.3 Å². The van der Waals surface area contributed by atoms with Gasteiger partial charge in [0.25, 0.3) is 5.89 Å². The minimum Gasteiger partial charge on any atom is -0.471 e. The van der Waals surface area contributed by atoms with Gasteiger partial charge in [0.1, 0.15) is 30.2 Å².